The first-order valence-corrected chi connectivity index (χ1v) is 7.95. The van der Waals surface area contributed by atoms with Gasteiger partial charge in [0.25, 0.3) is 5.56 Å². The number of carbonyl (C=O) groups is 1. The lowest BCUT2D eigenvalue weighted by Crippen LogP contribution is -2.32. The predicted octanol–water partition coefficient (Wildman–Crippen LogP) is 0.675. The fourth-order valence-corrected chi connectivity index (χ4v) is 2.52. The summed E-state index contributed by atoms with van der Waals surface area (Å²) in [7, 11) is 1.19. The van der Waals surface area contributed by atoms with Crippen molar-refractivity contribution in [1.29, 1.82) is 5.26 Å². The number of rotatable bonds is 6. The predicted molar refractivity (Wildman–Crippen MR) is 90.8 cm³/mol. The van der Waals surface area contributed by atoms with Gasteiger partial charge in [-0.25, -0.2) is 4.79 Å². The SMILES string of the molecule is COC(=O)c1cc(C#N)c(=O)n(CC(O)COc2ccc3c(c2)OCO3)c1. The molecule has 3 rings (SSSR count). The monoisotopic (exact) mass is 372 g/mol. The third kappa shape index (κ3) is 4.02. The van der Waals surface area contributed by atoms with Gasteiger partial charge in [-0.05, 0) is 18.2 Å². The molecule has 9 heteroatoms. The average Bonchev–Trinajstić information content (AvgIpc) is 3.15. The van der Waals surface area contributed by atoms with Gasteiger partial charge < -0.3 is 28.6 Å². The molecule has 0 saturated heterocycles. The van der Waals surface area contributed by atoms with E-state index >= 15 is 0 Å². The van der Waals surface area contributed by atoms with Gasteiger partial charge in [0.1, 0.15) is 30.1 Å². The first-order valence-electron chi connectivity index (χ1n) is 7.95. The quantitative estimate of drug-likeness (QED) is 0.735. The lowest BCUT2D eigenvalue weighted by Gasteiger charge is -2.15. The Morgan fingerprint density at radius 1 is 1.37 bits per heavy atom. The second-order valence-corrected chi connectivity index (χ2v) is 5.68. The van der Waals surface area contributed by atoms with Gasteiger partial charge in [0.15, 0.2) is 11.5 Å². The number of fused-ring (bicyclic) bond motifs is 1. The molecule has 0 saturated carbocycles. The molecule has 0 radical (unpaired) electrons. The Bertz CT molecular complexity index is 961. The minimum atomic E-state index is -1.06. The van der Waals surface area contributed by atoms with Gasteiger partial charge in [0.05, 0.1) is 19.2 Å². The summed E-state index contributed by atoms with van der Waals surface area (Å²) in [6, 6.07) is 7.87. The number of ether oxygens (including phenoxy) is 4. The zero-order valence-electron chi connectivity index (χ0n) is 14.4. The number of aromatic nitrogens is 1. The highest BCUT2D eigenvalue weighted by atomic mass is 16.7. The van der Waals surface area contributed by atoms with Crippen molar-refractivity contribution >= 4 is 5.97 Å². The van der Waals surface area contributed by atoms with Crippen LogP contribution < -0.4 is 19.8 Å². The molecular weight excluding hydrogens is 356 g/mol. The number of pyridine rings is 1. The molecule has 1 aromatic carbocycles. The average molecular weight is 372 g/mol. The van der Waals surface area contributed by atoms with Crippen LogP contribution in [0.1, 0.15) is 15.9 Å². The summed E-state index contributed by atoms with van der Waals surface area (Å²) in [6.45, 7) is -0.137. The number of methoxy groups -OCH3 is 1. The van der Waals surface area contributed by atoms with Crippen molar-refractivity contribution in [3.8, 4) is 23.3 Å². The van der Waals surface area contributed by atoms with Gasteiger partial charge in [-0.2, -0.15) is 5.26 Å². The van der Waals surface area contributed by atoms with Crippen LogP contribution in [-0.2, 0) is 11.3 Å². The van der Waals surface area contributed by atoms with E-state index in [1.165, 1.54) is 13.3 Å². The molecule has 1 N–H and O–H groups in total. The van der Waals surface area contributed by atoms with E-state index in [0.717, 1.165) is 10.6 Å². The summed E-state index contributed by atoms with van der Waals surface area (Å²) in [6.07, 6.45) is 0.172. The van der Waals surface area contributed by atoms with Crippen LogP contribution in [0.25, 0.3) is 0 Å². The number of esters is 1. The molecule has 0 amide bonds. The van der Waals surface area contributed by atoms with E-state index in [1.54, 1.807) is 24.3 Å². The van der Waals surface area contributed by atoms with Gasteiger partial charge in [0.2, 0.25) is 6.79 Å². The molecule has 0 aliphatic carbocycles. The molecule has 9 nitrogen and oxygen atoms in total. The third-order valence-electron chi connectivity index (χ3n) is 3.82. The van der Waals surface area contributed by atoms with Crippen molar-refractivity contribution in [2.75, 3.05) is 20.5 Å². The van der Waals surface area contributed by atoms with Crippen LogP contribution in [0.4, 0.5) is 0 Å². The first-order chi connectivity index (χ1) is 13.0. The Kier molecular flexibility index (Phi) is 5.28. The summed E-state index contributed by atoms with van der Waals surface area (Å²) in [4.78, 5) is 23.9. The smallest absolute Gasteiger partial charge is 0.339 e. The van der Waals surface area contributed by atoms with E-state index in [-0.39, 0.29) is 31.1 Å². The molecular formula is C18H16N2O7. The van der Waals surface area contributed by atoms with Crippen LogP contribution in [0.3, 0.4) is 0 Å². The highest BCUT2D eigenvalue weighted by Gasteiger charge is 2.17. The van der Waals surface area contributed by atoms with Gasteiger partial charge in [-0.15, -0.1) is 0 Å². The number of carbonyl (C=O) groups excluding carboxylic acids is 1. The van der Waals surface area contributed by atoms with Crippen LogP contribution in [-0.4, -0.2) is 42.3 Å². The van der Waals surface area contributed by atoms with Gasteiger partial charge >= 0.3 is 5.97 Å². The highest BCUT2D eigenvalue weighted by molar-refractivity contribution is 5.89. The number of nitrogens with zero attached hydrogens (tertiary/aromatic N) is 2. The van der Waals surface area contributed by atoms with Crippen molar-refractivity contribution in [2.45, 2.75) is 12.6 Å². The Hall–Kier alpha value is -3.51. The maximum absolute atomic E-state index is 12.2. The molecule has 0 bridgehead atoms. The molecule has 27 heavy (non-hydrogen) atoms. The van der Waals surface area contributed by atoms with Crippen LogP contribution in [0, 0.1) is 11.3 Å². The first kappa shape index (κ1) is 18.3. The van der Waals surface area contributed by atoms with Crippen LogP contribution >= 0.6 is 0 Å². The largest absolute Gasteiger partial charge is 0.491 e. The summed E-state index contributed by atoms with van der Waals surface area (Å²) >= 11 is 0. The zero-order valence-corrected chi connectivity index (χ0v) is 14.4. The fourth-order valence-electron chi connectivity index (χ4n) is 2.52. The topological polar surface area (TPSA) is 120 Å². The molecule has 1 unspecified atom stereocenters. The van der Waals surface area contributed by atoms with Crippen molar-refractivity contribution in [3.63, 3.8) is 0 Å². The lowest BCUT2D eigenvalue weighted by molar-refractivity contribution is 0.0597. The van der Waals surface area contributed by atoms with E-state index in [0.29, 0.717) is 17.2 Å². The molecule has 1 aliphatic heterocycles. The van der Waals surface area contributed by atoms with Crippen molar-refractivity contribution < 1.29 is 28.8 Å². The second-order valence-electron chi connectivity index (χ2n) is 5.68. The number of aliphatic hydroxyl groups is 1. The molecule has 140 valence electrons. The maximum Gasteiger partial charge on any atom is 0.339 e. The standard InChI is InChI=1S/C18H16N2O7/c1-24-18(23)12-4-11(6-19)17(22)20(7-12)8-13(21)9-25-14-2-3-15-16(5-14)27-10-26-15/h2-5,7,13,21H,8-10H2,1H3. The van der Waals surface area contributed by atoms with Crippen molar-refractivity contribution in [1.82, 2.24) is 4.57 Å². The molecule has 1 aromatic heterocycles. The Morgan fingerprint density at radius 2 is 2.15 bits per heavy atom. The number of hydrogen-bond donors (Lipinski definition) is 1. The van der Waals surface area contributed by atoms with Gasteiger partial charge in [-0.1, -0.05) is 0 Å². The van der Waals surface area contributed by atoms with E-state index < -0.39 is 17.6 Å². The van der Waals surface area contributed by atoms with E-state index in [1.807, 2.05) is 0 Å². The normalized spacial score (nSPS) is 12.9. The van der Waals surface area contributed by atoms with Crippen LogP contribution in [0.15, 0.2) is 35.3 Å². The van der Waals surface area contributed by atoms with Crippen LogP contribution in [0.2, 0.25) is 0 Å². The number of nitriles is 1. The van der Waals surface area contributed by atoms with E-state index in [2.05, 4.69) is 4.74 Å². The lowest BCUT2D eigenvalue weighted by atomic mass is 10.2. The van der Waals surface area contributed by atoms with E-state index in [4.69, 9.17) is 19.5 Å². The minimum absolute atomic E-state index is 0.0394. The third-order valence-corrected chi connectivity index (χ3v) is 3.82. The minimum Gasteiger partial charge on any atom is -0.491 e. The Balaban J connectivity index is 1.70. The second kappa shape index (κ2) is 7.80. The van der Waals surface area contributed by atoms with Crippen molar-refractivity contribution in [3.05, 3.63) is 51.9 Å². The molecule has 0 fully saturated rings. The molecule has 1 aliphatic rings. The molecule has 1 atom stereocenters. The van der Waals surface area contributed by atoms with Crippen LogP contribution in [0.5, 0.6) is 17.2 Å². The molecule has 0 spiro atoms. The number of benzene rings is 1. The maximum atomic E-state index is 12.2. The Labute approximate surface area is 153 Å². The highest BCUT2D eigenvalue weighted by Crippen LogP contribution is 2.35. The summed E-state index contributed by atoms with van der Waals surface area (Å²) in [5.74, 6) is 0.929. The summed E-state index contributed by atoms with van der Waals surface area (Å²) in [5.41, 5.74) is -0.799. The summed E-state index contributed by atoms with van der Waals surface area (Å²) < 4.78 is 21.6. The van der Waals surface area contributed by atoms with E-state index in [9.17, 15) is 14.7 Å². The number of hydrogen-bond acceptors (Lipinski definition) is 8. The molecule has 2 aromatic rings. The Morgan fingerprint density at radius 3 is 2.89 bits per heavy atom. The molecule has 2 heterocycles. The summed E-state index contributed by atoms with van der Waals surface area (Å²) in [5, 5.41) is 19.3. The van der Waals surface area contributed by atoms with Crippen molar-refractivity contribution in [2.24, 2.45) is 0 Å². The van der Waals surface area contributed by atoms with Gasteiger partial charge in [0, 0.05) is 12.3 Å². The van der Waals surface area contributed by atoms with Gasteiger partial charge in [-0.3, -0.25) is 4.79 Å². The number of aliphatic hydroxyl groups excluding tert-OH is 1. The zero-order chi connectivity index (χ0) is 19.4. The fraction of sp³-hybridized carbons (Fsp3) is 0.278.